The molecule has 1 amide bonds. The standard InChI is InChI=1S/C14H26N2O3S/c1-3-16(13-6-8-20(18,19)11-13)14(17)10-15-7-4-5-12(2)9-15/h12-13H,3-11H2,1-2H3. The largest absolute Gasteiger partial charge is 0.338 e. The summed E-state index contributed by atoms with van der Waals surface area (Å²) in [6, 6.07) is -0.111. The van der Waals surface area contributed by atoms with Gasteiger partial charge in [-0.15, -0.1) is 0 Å². The molecule has 0 aromatic rings. The number of hydrogen-bond donors (Lipinski definition) is 0. The number of amides is 1. The van der Waals surface area contributed by atoms with Gasteiger partial charge in [0, 0.05) is 19.1 Å². The number of nitrogens with zero attached hydrogens (tertiary/aromatic N) is 2. The van der Waals surface area contributed by atoms with E-state index >= 15 is 0 Å². The van der Waals surface area contributed by atoms with Gasteiger partial charge in [0.25, 0.3) is 0 Å². The lowest BCUT2D eigenvalue weighted by Crippen LogP contribution is -2.48. The van der Waals surface area contributed by atoms with E-state index in [0.717, 1.165) is 19.5 Å². The van der Waals surface area contributed by atoms with Crippen molar-refractivity contribution in [2.24, 2.45) is 5.92 Å². The molecule has 0 saturated carbocycles. The van der Waals surface area contributed by atoms with Crippen molar-refractivity contribution in [1.82, 2.24) is 9.80 Å². The molecule has 116 valence electrons. The topological polar surface area (TPSA) is 57.7 Å². The van der Waals surface area contributed by atoms with Gasteiger partial charge in [-0.3, -0.25) is 9.69 Å². The Hall–Kier alpha value is -0.620. The second kappa shape index (κ2) is 6.43. The van der Waals surface area contributed by atoms with Crippen LogP contribution in [0.25, 0.3) is 0 Å². The lowest BCUT2D eigenvalue weighted by atomic mass is 10.0. The van der Waals surface area contributed by atoms with Crippen molar-refractivity contribution in [2.75, 3.05) is 37.7 Å². The van der Waals surface area contributed by atoms with Crippen molar-refractivity contribution < 1.29 is 13.2 Å². The first kappa shape index (κ1) is 15.8. The number of sulfone groups is 1. The molecule has 0 bridgehead atoms. The van der Waals surface area contributed by atoms with Crippen LogP contribution in [-0.4, -0.2) is 67.9 Å². The third kappa shape index (κ3) is 3.95. The van der Waals surface area contributed by atoms with Gasteiger partial charge < -0.3 is 4.90 Å². The lowest BCUT2D eigenvalue weighted by Gasteiger charge is -2.33. The van der Waals surface area contributed by atoms with E-state index in [9.17, 15) is 13.2 Å². The summed E-state index contributed by atoms with van der Waals surface area (Å²) in [5.74, 6) is 1.10. The summed E-state index contributed by atoms with van der Waals surface area (Å²) in [6.07, 6.45) is 2.99. The number of rotatable bonds is 4. The zero-order valence-electron chi connectivity index (χ0n) is 12.5. The SMILES string of the molecule is CCN(C(=O)CN1CCCC(C)C1)C1CCS(=O)(=O)C1. The normalized spacial score (nSPS) is 30.3. The van der Waals surface area contributed by atoms with Crippen LogP contribution in [0.2, 0.25) is 0 Å². The fourth-order valence-electron chi connectivity index (χ4n) is 3.37. The molecule has 0 N–H and O–H groups in total. The predicted molar refractivity (Wildman–Crippen MR) is 79.3 cm³/mol. The molecule has 2 rings (SSSR count). The van der Waals surface area contributed by atoms with Crippen molar-refractivity contribution in [2.45, 2.75) is 39.2 Å². The van der Waals surface area contributed by atoms with E-state index in [1.165, 1.54) is 6.42 Å². The maximum absolute atomic E-state index is 12.4. The Kier molecular flexibility index (Phi) is 5.07. The highest BCUT2D eigenvalue weighted by Crippen LogP contribution is 2.19. The Morgan fingerprint density at radius 3 is 2.65 bits per heavy atom. The molecule has 2 atom stereocenters. The molecule has 2 heterocycles. The number of likely N-dealkylation sites (N-methyl/N-ethyl adjacent to an activating group) is 1. The fraction of sp³-hybridized carbons (Fsp3) is 0.929. The molecule has 2 aliphatic rings. The minimum Gasteiger partial charge on any atom is -0.338 e. The smallest absolute Gasteiger partial charge is 0.237 e. The first-order valence-electron chi connectivity index (χ1n) is 7.63. The summed E-state index contributed by atoms with van der Waals surface area (Å²) >= 11 is 0. The third-order valence-electron chi connectivity index (χ3n) is 4.41. The van der Waals surface area contributed by atoms with Crippen molar-refractivity contribution >= 4 is 15.7 Å². The lowest BCUT2D eigenvalue weighted by molar-refractivity contribution is -0.134. The van der Waals surface area contributed by atoms with Crippen LogP contribution in [0.4, 0.5) is 0 Å². The molecule has 5 nitrogen and oxygen atoms in total. The second-order valence-corrected chi connectivity index (χ2v) is 8.45. The van der Waals surface area contributed by atoms with E-state index in [2.05, 4.69) is 11.8 Å². The van der Waals surface area contributed by atoms with Crippen LogP contribution >= 0.6 is 0 Å². The van der Waals surface area contributed by atoms with Crippen LogP contribution in [0.15, 0.2) is 0 Å². The first-order valence-corrected chi connectivity index (χ1v) is 9.45. The third-order valence-corrected chi connectivity index (χ3v) is 6.16. The van der Waals surface area contributed by atoms with Crippen LogP contribution in [0.1, 0.15) is 33.1 Å². The van der Waals surface area contributed by atoms with E-state index in [4.69, 9.17) is 0 Å². The summed E-state index contributed by atoms with van der Waals surface area (Å²) in [6.45, 7) is 7.15. The minimum absolute atomic E-state index is 0.0868. The zero-order chi connectivity index (χ0) is 14.8. The molecular formula is C14H26N2O3S. The quantitative estimate of drug-likeness (QED) is 0.769. The maximum Gasteiger partial charge on any atom is 0.237 e. The molecule has 2 fully saturated rings. The summed E-state index contributed by atoms with van der Waals surface area (Å²) < 4.78 is 23.1. The summed E-state index contributed by atoms with van der Waals surface area (Å²) in [7, 11) is -2.93. The Morgan fingerprint density at radius 1 is 1.35 bits per heavy atom. The monoisotopic (exact) mass is 302 g/mol. The molecular weight excluding hydrogens is 276 g/mol. The van der Waals surface area contributed by atoms with Crippen molar-refractivity contribution in [3.05, 3.63) is 0 Å². The van der Waals surface area contributed by atoms with Crippen LogP contribution in [0, 0.1) is 5.92 Å². The minimum atomic E-state index is -2.93. The number of carbonyl (C=O) groups excluding carboxylic acids is 1. The Balaban J connectivity index is 1.92. The molecule has 0 aromatic heterocycles. The van der Waals surface area contributed by atoms with Gasteiger partial charge in [0.2, 0.25) is 5.91 Å². The van der Waals surface area contributed by atoms with E-state index in [1.54, 1.807) is 4.90 Å². The number of likely N-dealkylation sites (tertiary alicyclic amines) is 1. The van der Waals surface area contributed by atoms with E-state index in [1.807, 2.05) is 6.92 Å². The molecule has 2 aliphatic heterocycles. The Labute approximate surface area is 122 Å². The predicted octanol–water partition coefficient (Wildman–Crippen LogP) is 0.754. The van der Waals surface area contributed by atoms with Gasteiger partial charge in [-0.25, -0.2) is 8.42 Å². The average Bonchev–Trinajstić information content (AvgIpc) is 2.70. The van der Waals surface area contributed by atoms with Gasteiger partial charge in [-0.2, -0.15) is 0 Å². The molecule has 2 saturated heterocycles. The highest BCUT2D eigenvalue weighted by atomic mass is 32.2. The molecule has 20 heavy (non-hydrogen) atoms. The van der Waals surface area contributed by atoms with E-state index in [-0.39, 0.29) is 23.5 Å². The van der Waals surface area contributed by atoms with Gasteiger partial charge in [-0.1, -0.05) is 6.92 Å². The fourth-order valence-corrected chi connectivity index (χ4v) is 5.10. The second-order valence-electron chi connectivity index (χ2n) is 6.22. The Bertz CT molecular complexity index is 449. The molecule has 6 heteroatoms. The highest BCUT2D eigenvalue weighted by Gasteiger charge is 2.34. The molecule has 0 spiro atoms. The zero-order valence-corrected chi connectivity index (χ0v) is 13.4. The van der Waals surface area contributed by atoms with Crippen LogP contribution in [-0.2, 0) is 14.6 Å². The van der Waals surface area contributed by atoms with Crippen LogP contribution in [0.3, 0.4) is 0 Å². The number of carbonyl (C=O) groups is 1. The van der Waals surface area contributed by atoms with Gasteiger partial charge in [0.1, 0.15) is 0 Å². The summed E-state index contributed by atoms with van der Waals surface area (Å²) in [5.41, 5.74) is 0. The summed E-state index contributed by atoms with van der Waals surface area (Å²) in [4.78, 5) is 16.4. The molecule has 2 unspecified atom stereocenters. The van der Waals surface area contributed by atoms with E-state index < -0.39 is 9.84 Å². The van der Waals surface area contributed by atoms with Crippen LogP contribution < -0.4 is 0 Å². The molecule has 0 aliphatic carbocycles. The molecule has 0 radical (unpaired) electrons. The van der Waals surface area contributed by atoms with Crippen molar-refractivity contribution in [3.63, 3.8) is 0 Å². The van der Waals surface area contributed by atoms with Gasteiger partial charge in [0.05, 0.1) is 18.1 Å². The number of piperidine rings is 1. The van der Waals surface area contributed by atoms with Crippen molar-refractivity contribution in [3.8, 4) is 0 Å². The summed E-state index contributed by atoms with van der Waals surface area (Å²) in [5, 5.41) is 0. The van der Waals surface area contributed by atoms with Crippen LogP contribution in [0.5, 0.6) is 0 Å². The molecule has 0 aromatic carbocycles. The highest BCUT2D eigenvalue weighted by molar-refractivity contribution is 7.91. The van der Waals surface area contributed by atoms with Crippen molar-refractivity contribution in [1.29, 1.82) is 0 Å². The maximum atomic E-state index is 12.4. The number of hydrogen-bond acceptors (Lipinski definition) is 4. The van der Waals surface area contributed by atoms with E-state index in [0.29, 0.717) is 25.4 Å². The first-order chi connectivity index (χ1) is 9.41. The van der Waals surface area contributed by atoms with Gasteiger partial charge in [-0.05, 0) is 38.6 Å². The Morgan fingerprint density at radius 2 is 2.10 bits per heavy atom. The van der Waals surface area contributed by atoms with Gasteiger partial charge >= 0.3 is 0 Å². The van der Waals surface area contributed by atoms with Gasteiger partial charge in [0.15, 0.2) is 9.84 Å². The average molecular weight is 302 g/mol.